The number of carboxylic acid groups (broad SMARTS) is 1. The monoisotopic (exact) mass is 388 g/mol. The number of amides is 1. The second kappa shape index (κ2) is 7.57. The third-order valence-corrected chi connectivity index (χ3v) is 5.16. The van der Waals surface area contributed by atoms with Crippen molar-refractivity contribution in [2.45, 2.75) is 46.1 Å². The van der Waals surface area contributed by atoms with Crippen LogP contribution >= 0.6 is 0 Å². The van der Waals surface area contributed by atoms with E-state index in [4.69, 9.17) is 0 Å². The van der Waals surface area contributed by atoms with Crippen molar-refractivity contribution in [1.82, 2.24) is 19.4 Å². The number of aryl methyl sites for hydroxylation is 1. The fourth-order valence-corrected chi connectivity index (χ4v) is 3.58. The Bertz CT molecular complexity index is 1050. The molecule has 28 heavy (non-hydrogen) atoms. The van der Waals surface area contributed by atoms with Crippen LogP contribution in [0.4, 0.5) is 0 Å². The van der Waals surface area contributed by atoms with Gasteiger partial charge in [-0.05, 0) is 31.7 Å². The van der Waals surface area contributed by atoms with Gasteiger partial charge >= 0.3 is 11.7 Å². The van der Waals surface area contributed by atoms with Crippen LogP contribution < -0.4 is 11.2 Å². The number of H-pyrrole nitrogens is 1. The first-order chi connectivity index (χ1) is 13.2. The van der Waals surface area contributed by atoms with E-state index in [0.29, 0.717) is 31.6 Å². The van der Waals surface area contributed by atoms with E-state index in [2.05, 4.69) is 9.97 Å². The summed E-state index contributed by atoms with van der Waals surface area (Å²) in [5.41, 5.74) is -0.311. The van der Waals surface area contributed by atoms with Crippen LogP contribution in [0.2, 0.25) is 0 Å². The molecule has 1 saturated heterocycles. The maximum atomic E-state index is 13.3. The molecule has 0 unspecified atom stereocenters. The number of carbonyl (C=O) groups is 2. The van der Waals surface area contributed by atoms with E-state index in [1.807, 2.05) is 13.8 Å². The Morgan fingerprint density at radius 1 is 1.36 bits per heavy atom. The Balaban J connectivity index is 2.22. The number of aromatic nitrogens is 3. The average molecular weight is 388 g/mol. The van der Waals surface area contributed by atoms with Crippen LogP contribution in [0, 0.1) is 5.92 Å². The maximum absolute atomic E-state index is 13.3. The summed E-state index contributed by atoms with van der Waals surface area (Å²) in [6.45, 7) is 6.39. The largest absolute Gasteiger partial charge is 0.481 e. The number of fused-ring (bicyclic) bond motifs is 1. The molecule has 0 radical (unpaired) electrons. The molecule has 0 aliphatic carbocycles. The second-order valence-electron chi connectivity index (χ2n) is 7.38. The summed E-state index contributed by atoms with van der Waals surface area (Å²) in [4.78, 5) is 57.5. The highest BCUT2D eigenvalue weighted by Gasteiger charge is 2.30. The van der Waals surface area contributed by atoms with Crippen molar-refractivity contribution in [3.63, 3.8) is 0 Å². The summed E-state index contributed by atoms with van der Waals surface area (Å²) < 4.78 is 1.33. The molecule has 9 heteroatoms. The minimum Gasteiger partial charge on any atom is -0.481 e. The zero-order valence-corrected chi connectivity index (χ0v) is 16.2. The molecule has 1 amide bonds. The van der Waals surface area contributed by atoms with E-state index < -0.39 is 29.0 Å². The van der Waals surface area contributed by atoms with Crippen LogP contribution in [0.15, 0.2) is 15.7 Å². The van der Waals surface area contributed by atoms with Gasteiger partial charge in [-0.25, -0.2) is 9.78 Å². The lowest BCUT2D eigenvalue weighted by atomic mass is 9.97. The van der Waals surface area contributed by atoms with Crippen molar-refractivity contribution in [1.29, 1.82) is 0 Å². The Hall–Kier alpha value is -2.97. The van der Waals surface area contributed by atoms with Crippen LogP contribution in [0.25, 0.3) is 11.0 Å². The minimum atomic E-state index is -0.933. The van der Waals surface area contributed by atoms with Crippen molar-refractivity contribution >= 4 is 22.9 Å². The molecule has 2 N–H and O–H groups in total. The van der Waals surface area contributed by atoms with Crippen molar-refractivity contribution < 1.29 is 14.7 Å². The van der Waals surface area contributed by atoms with Crippen molar-refractivity contribution in [3.8, 4) is 0 Å². The van der Waals surface area contributed by atoms with Gasteiger partial charge in [-0.1, -0.05) is 13.8 Å². The number of hydrogen-bond donors (Lipinski definition) is 2. The van der Waals surface area contributed by atoms with Crippen LogP contribution in [0.1, 0.15) is 55.6 Å². The molecule has 1 atom stereocenters. The molecular weight excluding hydrogens is 364 g/mol. The second-order valence-corrected chi connectivity index (χ2v) is 7.38. The van der Waals surface area contributed by atoms with E-state index in [1.165, 1.54) is 9.47 Å². The standard InChI is InChI=1S/C19H24N4O5/c1-4-23-15-14(16(24)21-19(23)28)12(8-13(20-15)10(2)3)17(25)22-7-5-6-11(9-22)18(26)27/h8,10-11H,4-7,9H2,1-3H3,(H,26,27)(H,21,24,28)/t11-/m0/s1. The van der Waals surface area contributed by atoms with E-state index in [-0.39, 0.29) is 29.1 Å². The van der Waals surface area contributed by atoms with Gasteiger partial charge < -0.3 is 10.0 Å². The Morgan fingerprint density at radius 2 is 2.07 bits per heavy atom. The molecule has 150 valence electrons. The highest BCUT2D eigenvalue weighted by atomic mass is 16.4. The number of nitrogens with zero attached hydrogens (tertiary/aromatic N) is 3. The van der Waals surface area contributed by atoms with Crippen molar-refractivity contribution in [3.05, 3.63) is 38.2 Å². The number of nitrogens with one attached hydrogen (secondary N) is 1. The SMILES string of the molecule is CCn1c(=O)[nH]c(=O)c2c(C(=O)N3CCC[C@H](C(=O)O)C3)cc(C(C)C)nc21. The highest BCUT2D eigenvalue weighted by molar-refractivity contribution is 6.05. The first-order valence-corrected chi connectivity index (χ1v) is 9.44. The third kappa shape index (κ3) is 3.44. The van der Waals surface area contributed by atoms with Gasteiger partial charge in [-0.3, -0.25) is 23.9 Å². The van der Waals surface area contributed by atoms with Gasteiger partial charge in [-0.15, -0.1) is 0 Å². The zero-order chi connectivity index (χ0) is 20.6. The van der Waals surface area contributed by atoms with Crippen LogP contribution in [-0.4, -0.2) is 49.5 Å². The molecule has 0 spiro atoms. The van der Waals surface area contributed by atoms with E-state index in [0.717, 1.165) is 0 Å². The topological polar surface area (TPSA) is 125 Å². The van der Waals surface area contributed by atoms with Crippen molar-refractivity contribution in [2.75, 3.05) is 13.1 Å². The quantitative estimate of drug-likeness (QED) is 0.810. The summed E-state index contributed by atoms with van der Waals surface area (Å²) in [6.07, 6.45) is 1.10. The van der Waals surface area contributed by atoms with Gasteiger partial charge in [0.1, 0.15) is 0 Å². The first-order valence-electron chi connectivity index (χ1n) is 9.44. The molecule has 9 nitrogen and oxygen atoms in total. The molecule has 2 aromatic rings. The van der Waals surface area contributed by atoms with Gasteiger partial charge in [-0.2, -0.15) is 0 Å². The number of piperidine rings is 1. The molecule has 0 saturated carbocycles. The van der Waals surface area contributed by atoms with E-state index >= 15 is 0 Å². The summed E-state index contributed by atoms with van der Waals surface area (Å²) in [6, 6.07) is 1.58. The number of rotatable bonds is 4. The van der Waals surface area contributed by atoms with Crippen LogP contribution in [-0.2, 0) is 11.3 Å². The lowest BCUT2D eigenvalue weighted by molar-refractivity contribution is -0.143. The zero-order valence-electron chi connectivity index (χ0n) is 16.2. The van der Waals surface area contributed by atoms with Gasteiger partial charge in [0.15, 0.2) is 5.65 Å². The molecule has 0 bridgehead atoms. The highest BCUT2D eigenvalue weighted by Crippen LogP contribution is 2.24. The molecule has 1 aliphatic heterocycles. The van der Waals surface area contributed by atoms with Crippen LogP contribution in [0.5, 0.6) is 0 Å². The maximum Gasteiger partial charge on any atom is 0.329 e. The van der Waals surface area contributed by atoms with Crippen molar-refractivity contribution in [2.24, 2.45) is 5.92 Å². The van der Waals surface area contributed by atoms with E-state index in [1.54, 1.807) is 13.0 Å². The van der Waals surface area contributed by atoms with Gasteiger partial charge in [0, 0.05) is 25.3 Å². The van der Waals surface area contributed by atoms with Gasteiger partial charge in [0.05, 0.1) is 16.9 Å². The number of aromatic amines is 1. The fraction of sp³-hybridized carbons (Fsp3) is 0.526. The van der Waals surface area contributed by atoms with Crippen LogP contribution in [0.3, 0.4) is 0 Å². The third-order valence-electron chi connectivity index (χ3n) is 5.16. The fourth-order valence-electron chi connectivity index (χ4n) is 3.58. The predicted octanol–water partition coefficient (Wildman–Crippen LogP) is 1.16. The Kier molecular flexibility index (Phi) is 5.35. The average Bonchev–Trinajstić information content (AvgIpc) is 2.66. The summed E-state index contributed by atoms with van der Waals surface area (Å²) in [5, 5.41) is 9.36. The lowest BCUT2D eigenvalue weighted by Crippen LogP contribution is -2.43. The summed E-state index contributed by atoms with van der Waals surface area (Å²) in [5.74, 6) is -1.99. The number of carbonyl (C=O) groups excluding carboxylic acids is 1. The smallest absolute Gasteiger partial charge is 0.329 e. The summed E-state index contributed by atoms with van der Waals surface area (Å²) >= 11 is 0. The molecule has 0 aromatic carbocycles. The number of likely N-dealkylation sites (tertiary alicyclic amines) is 1. The number of carboxylic acids is 1. The number of pyridine rings is 1. The summed E-state index contributed by atoms with van der Waals surface area (Å²) in [7, 11) is 0. The normalized spacial score (nSPS) is 17.3. The molecule has 1 fully saturated rings. The predicted molar refractivity (Wildman–Crippen MR) is 103 cm³/mol. The molecule has 3 rings (SSSR count). The Morgan fingerprint density at radius 3 is 2.68 bits per heavy atom. The molecule has 3 heterocycles. The first kappa shape index (κ1) is 19.8. The molecule has 1 aliphatic rings. The minimum absolute atomic E-state index is 0.0243. The molecular formula is C19H24N4O5. The number of hydrogen-bond acceptors (Lipinski definition) is 5. The van der Waals surface area contributed by atoms with Gasteiger partial charge in [0.2, 0.25) is 0 Å². The van der Waals surface area contributed by atoms with E-state index in [9.17, 15) is 24.3 Å². The number of aliphatic carboxylic acids is 1. The lowest BCUT2D eigenvalue weighted by Gasteiger charge is -2.31. The Labute approximate surface area is 161 Å². The molecule has 2 aromatic heterocycles. The van der Waals surface area contributed by atoms with Gasteiger partial charge in [0.25, 0.3) is 11.5 Å².